The molecule has 1 heteroatoms. The molecule has 0 saturated heterocycles. The number of rotatable bonds is 3. The van der Waals surface area contributed by atoms with E-state index in [1.807, 2.05) is 0 Å². The van der Waals surface area contributed by atoms with E-state index in [0.717, 1.165) is 19.3 Å². The lowest BCUT2D eigenvalue weighted by Gasteiger charge is -2.20. The Morgan fingerprint density at radius 2 is 1.83 bits per heavy atom. The highest BCUT2D eigenvalue weighted by atomic mass is 16.1. The zero-order valence-electron chi connectivity index (χ0n) is 8.31. The van der Waals surface area contributed by atoms with Crippen LogP contribution in [-0.2, 0) is 4.79 Å². The van der Waals surface area contributed by atoms with Gasteiger partial charge in [-0.2, -0.15) is 0 Å². The first-order chi connectivity index (χ1) is 5.70. The van der Waals surface area contributed by atoms with Gasteiger partial charge in [0.1, 0.15) is 5.78 Å². The van der Waals surface area contributed by atoms with E-state index < -0.39 is 0 Å². The lowest BCUT2D eigenvalue weighted by atomic mass is 9.84. The van der Waals surface area contributed by atoms with Crippen molar-refractivity contribution in [1.29, 1.82) is 0 Å². The number of hydrogen-bond donors (Lipinski definition) is 0. The van der Waals surface area contributed by atoms with Crippen molar-refractivity contribution in [2.24, 2.45) is 11.8 Å². The molecule has 70 valence electrons. The number of carbonyl (C=O) groups excluding carboxylic acids is 1. The Bertz CT molecular complexity index is 143. The quantitative estimate of drug-likeness (QED) is 0.632. The molecular weight excluding hydrogens is 148 g/mol. The first-order valence-corrected chi connectivity index (χ1v) is 5.23. The molecule has 0 amide bonds. The zero-order valence-corrected chi connectivity index (χ0v) is 8.31. The average molecular weight is 168 g/mol. The van der Waals surface area contributed by atoms with E-state index in [-0.39, 0.29) is 0 Å². The minimum absolute atomic E-state index is 0.418. The molecule has 0 heterocycles. The third kappa shape index (κ3) is 2.96. The lowest BCUT2D eigenvalue weighted by Crippen LogP contribution is -2.18. The second-order valence-electron chi connectivity index (χ2n) is 4.40. The molecule has 0 radical (unpaired) electrons. The smallest absolute Gasteiger partial charge is 0.136 e. The molecule has 0 aromatic rings. The topological polar surface area (TPSA) is 17.1 Å². The van der Waals surface area contributed by atoms with E-state index >= 15 is 0 Å². The van der Waals surface area contributed by atoms with Crippen LogP contribution in [0.2, 0.25) is 0 Å². The predicted molar refractivity (Wildman–Crippen MR) is 51.0 cm³/mol. The van der Waals surface area contributed by atoms with E-state index in [1.54, 1.807) is 0 Å². The van der Waals surface area contributed by atoms with Gasteiger partial charge in [-0.3, -0.25) is 4.79 Å². The largest absolute Gasteiger partial charge is 0.299 e. The average Bonchev–Trinajstić information content (AvgIpc) is 2.05. The summed E-state index contributed by atoms with van der Waals surface area (Å²) >= 11 is 0. The molecular formula is C11H20O. The molecule has 0 spiro atoms. The normalized spacial score (nSPS) is 19.9. The van der Waals surface area contributed by atoms with Crippen molar-refractivity contribution in [2.75, 3.05) is 0 Å². The summed E-state index contributed by atoms with van der Waals surface area (Å²) in [4.78, 5) is 11.6. The first kappa shape index (κ1) is 9.76. The van der Waals surface area contributed by atoms with E-state index in [9.17, 15) is 4.79 Å². The number of Topliss-reactive ketones (excluding diaryl/α,β-unsaturated/α-hetero) is 1. The number of carbonyl (C=O) groups is 1. The van der Waals surface area contributed by atoms with Crippen LogP contribution in [0.5, 0.6) is 0 Å². The minimum Gasteiger partial charge on any atom is -0.299 e. The molecule has 12 heavy (non-hydrogen) atoms. The van der Waals surface area contributed by atoms with Gasteiger partial charge in [0.05, 0.1) is 0 Å². The SMILES string of the molecule is CC(C)CC(=O)C1CCCCC1. The molecule has 1 saturated carbocycles. The molecule has 0 aliphatic heterocycles. The maximum Gasteiger partial charge on any atom is 0.136 e. The Kier molecular flexibility index (Phi) is 3.77. The summed E-state index contributed by atoms with van der Waals surface area (Å²) in [7, 11) is 0. The fourth-order valence-corrected chi connectivity index (χ4v) is 1.99. The Morgan fingerprint density at radius 1 is 1.25 bits per heavy atom. The Morgan fingerprint density at radius 3 is 2.33 bits per heavy atom. The predicted octanol–water partition coefficient (Wildman–Crippen LogP) is 3.18. The molecule has 1 nitrogen and oxygen atoms in total. The van der Waals surface area contributed by atoms with Gasteiger partial charge in [-0.1, -0.05) is 33.1 Å². The van der Waals surface area contributed by atoms with Gasteiger partial charge in [0.2, 0.25) is 0 Å². The maximum atomic E-state index is 11.6. The van der Waals surface area contributed by atoms with E-state index in [1.165, 1.54) is 19.3 Å². The van der Waals surface area contributed by atoms with Gasteiger partial charge in [0.15, 0.2) is 0 Å². The Hall–Kier alpha value is -0.330. The van der Waals surface area contributed by atoms with E-state index in [4.69, 9.17) is 0 Å². The van der Waals surface area contributed by atoms with E-state index in [2.05, 4.69) is 13.8 Å². The summed E-state index contributed by atoms with van der Waals surface area (Å²) in [6.45, 7) is 4.25. The second-order valence-corrected chi connectivity index (χ2v) is 4.40. The van der Waals surface area contributed by atoms with Gasteiger partial charge < -0.3 is 0 Å². The fraction of sp³-hybridized carbons (Fsp3) is 0.909. The van der Waals surface area contributed by atoms with Crippen molar-refractivity contribution in [3.63, 3.8) is 0 Å². The lowest BCUT2D eigenvalue weighted by molar-refractivity contribution is -0.124. The molecule has 0 atom stereocenters. The molecule has 0 N–H and O–H groups in total. The van der Waals surface area contributed by atoms with Crippen LogP contribution in [0.3, 0.4) is 0 Å². The Balaban J connectivity index is 2.30. The molecule has 1 rings (SSSR count). The van der Waals surface area contributed by atoms with Crippen molar-refractivity contribution in [3.05, 3.63) is 0 Å². The summed E-state index contributed by atoms with van der Waals surface area (Å²) in [5.41, 5.74) is 0. The van der Waals surface area contributed by atoms with Crippen LogP contribution >= 0.6 is 0 Å². The highest BCUT2D eigenvalue weighted by Crippen LogP contribution is 2.26. The highest BCUT2D eigenvalue weighted by molar-refractivity contribution is 5.81. The molecule has 0 aromatic carbocycles. The van der Waals surface area contributed by atoms with Gasteiger partial charge in [-0.05, 0) is 18.8 Å². The van der Waals surface area contributed by atoms with Crippen LogP contribution in [-0.4, -0.2) is 5.78 Å². The van der Waals surface area contributed by atoms with Crippen molar-refractivity contribution in [2.45, 2.75) is 52.4 Å². The van der Waals surface area contributed by atoms with E-state index in [0.29, 0.717) is 17.6 Å². The zero-order chi connectivity index (χ0) is 8.97. The number of ketones is 1. The van der Waals surface area contributed by atoms with Crippen LogP contribution in [0.25, 0.3) is 0 Å². The van der Waals surface area contributed by atoms with Crippen LogP contribution < -0.4 is 0 Å². The van der Waals surface area contributed by atoms with Crippen molar-refractivity contribution >= 4 is 5.78 Å². The summed E-state index contributed by atoms with van der Waals surface area (Å²) in [5.74, 6) is 1.48. The molecule has 1 aliphatic carbocycles. The van der Waals surface area contributed by atoms with Crippen LogP contribution in [0.1, 0.15) is 52.4 Å². The summed E-state index contributed by atoms with van der Waals surface area (Å²) < 4.78 is 0. The van der Waals surface area contributed by atoms with Crippen molar-refractivity contribution in [3.8, 4) is 0 Å². The van der Waals surface area contributed by atoms with Crippen LogP contribution in [0.15, 0.2) is 0 Å². The van der Waals surface area contributed by atoms with Gasteiger partial charge in [-0.25, -0.2) is 0 Å². The fourth-order valence-electron chi connectivity index (χ4n) is 1.99. The summed E-state index contributed by atoms with van der Waals surface area (Å²) in [6, 6.07) is 0. The Labute approximate surface area is 75.5 Å². The summed E-state index contributed by atoms with van der Waals surface area (Å²) in [5, 5.41) is 0. The van der Waals surface area contributed by atoms with Crippen LogP contribution in [0, 0.1) is 11.8 Å². The highest BCUT2D eigenvalue weighted by Gasteiger charge is 2.20. The molecule has 0 aromatic heterocycles. The summed E-state index contributed by atoms with van der Waals surface area (Å²) in [6.07, 6.45) is 7.00. The molecule has 0 bridgehead atoms. The molecule has 1 fully saturated rings. The minimum atomic E-state index is 0.418. The maximum absolute atomic E-state index is 11.6. The third-order valence-electron chi connectivity index (χ3n) is 2.67. The van der Waals surface area contributed by atoms with Crippen molar-refractivity contribution in [1.82, 2.24) is 0 Å². The van der Waals surface area contributed by atoms with Crippen molar-refractivity contribution < 1.29 is 4.79 Å². The van der Waals surface area contributed by atoms with Gasteiger partial charge in [-0.15, -0.1) is 0 Å². The number of hydrogen-bond acceptors (Lipinski definition) is 1. The van der Waals surface area contributed by atoms with Gasteiger partial charge >= 0.3 is 0 Å². The first-order valence-electron chi connectivity index (χ1n) is 5.23. The van der Waals surface area contributed by atoms with Gasteiger partial charge in [0.25, 0.3) is 0 Å². The molecule has 0 unspecified atom stereocenters. The molecule has 1 aliphatic rings. The second kappa shape index (κ2) is 4.64. The van der Waals surface area contributed by atoms with Crippen LogP contribution in [0.4, 0.5) is 0 Å². The van der Waals surface area contributed by atoms with Gasteiger partial charge in [0, 0.05) is 12.3 Å². The third-order valence-corrected chi connectivity index (χ3v) is 2.67. The standard InChI is InChI=1S/C11H20O/c1-9(2)8-11(12)10-6-4-3-5-7-10/h9-10H,3-8H2,1-2H3. The monoisotopic (exact) mass is 168 g/mol.